The van der Waals surface area contributed by atoms with Crippen LogP contribution in [0, 0.1) is 5.92 Å². The standard InChI is InChI=1S/C11H22N4/c1-9(2)15-11(13-8-14-15)7-10(3)5-6-12-4/h8-10,12H,5-7H2,1-4H3. The first-order valence-electron chi connectivity index (χ1n) is 5.68. The highest BCUT2D eigenvalue weighted by molar-refractivity contribution is 4.88. The Morgan fingerprint density at radius 1 is 1.40 bits per heavy atom. The molecule has 4 nitrogen and oxygen atoms in total. The van der Waals surface area contributed by atoms with E-state index >= 15 is 0 Å². The molecule has 1 aromatic heterocycles. The van der Waals surface area contributed by atoms with Gasteiger partial charge in [0.2, 0.25) is 0 Å². The van der Waals surface area contributed by atoms with Gasteiger partial charge in [0.15, 0.2) is 0 Å². The first-order valence-corrected chi connectivity index (χ1v) is 5.68. The Labute approximate surface area is 92.1 Å². The van der Waals surface area contributed by atoms with Crippen molar-refractivity contribution >= 4 is 0 Å². The Hall–Kier alpha value is -0.900. The number of hydrogen-bond donors (Lipinski definition) is 1. The molecule has 4 heteroatoms. The van der Waals surface area contributed by atoms with Crippen molar-refractivity contribution in [3.8, 4) is 0 Å². The fourth-order valence-electron chi connectivity index (χ4n) is 1.66. The maximum Gasteiger partial charge on any atom is 0.138 e. The summed E-state index contributed by atoms with van der Waals surface area (Å²) in [6, 6.07) is 0.402. The third-order valence-electron chi connectivity index (χ3n) is 2.55. The molecule has 0 fully saturated rings. The molecule has 0 aromatic carbocycles. The Bertz CT molecular complexity index is 280. The second kappa shape index (κ2) is 5.85. The third kappa shape index (κ3) is 3.63. The first-order chi connectivity index (χ1) is 7.15. The molecule has 1 atom stereocenters. The molecule has 1 rings (SSSR count). The van der Waals surface area contributed by atoms with Crippen LogP contribution in [-0.2, 0) is 6.42 Å². The van der Waals surface area contributed by atoms with Crippen LogP contribution in [0.3, 0.4) is 0 Å². The van der Waals surface area contributed by atoms with Crippen molar-refractivity contribution in [2.75, 3.05) is 13.6 Å². The van der Waals surface area contributed by atoms with E-state index in [0.717, 1.165) is 18.8 Å². The van der Waals surface area contributed by atoms with Crippen LogP contribution in [0.1, 0.15) is 39.1 Å². The molecule has 0 aliphatic rings. The largest absolute Gasteiger partial charge is 0.320 e. The summed E-state index contributed by atoms with van der Waals surface area (Å²) in [6.07, 6.45) is 3.85. The zero-order valence-corrected chi connectivity index (χ0v) is 10.2. The molecule has 15 heavy (non-hydrogen) atoms. The van der Waals surface area contributed by atoms with Crippen LogP contribution in [0.2, 0.25) is 0 Å². The summed E-state index contributed by atoms with van der Waals surface area (Å²) in [4.78, 5) is 4.32. The van der Waals surface area contributed by atoms with E-state index in [4.69, 9.17) is 0 Å². The Balaban J connectivity index is 2.52. The molecular weight excluding hydrogens is 188 g/mol. The predicted molar refractivity (Wildman–Crippen MR) is 61.8 cm³/mol. The van der Waals surface area contributed by atoms with Gasteiger partial charge in [-0.1, -0.05) is 6.92 Å². The van der Waals surface area contributed by atoms with Crippen LogP contribution in [0.25, 0.3) is 0 Å². The highest BCUT2D eigenvalue weighted by Crippen LogP contribution is 2.12. The summed E-state index contributed by atoms with van der Waals surface area (Å²) in [6.45, 7) is 7.60. The third-order valence-corrected chi connectivity index (χ3v) is 2.55. The van der Waals surface area contributed by atoms with Crippen molar-refractivity contribution in [3.05, 3.63) is 12.2 Å². The van der Waals surface area contributed by atoms with Crippen LogP contribution < -0.4 is 5.32 Å². The fraction of sp³-hybridized carbons (Fsp3) is 0.818. The molecule has 0 aliphatic heterocycles. The second-order valence-electron chi connectivity index (χ2n) is 4.42. The quantitative estimate of drug-likeness (QED) is 0.776. The van der Waals surface area contributed by atoms with Gasteiger partial charge in [0.05, 0.1) is 0 Å². The minimum absolute atomic E-state index is 0.402. The van der Waals surface area contributed by atoms with Gasteiger partial charge in [0.25, 0.3) is 0 Å². The van der Waals surface area contributed by atoms with Gasteiger partial charge in [-0.15, -0.1) is 0 Å². The molecule has 1 N–H and O–H groups in total. The Morgan fingerprint density at radius 2 is 2.13 bits per heavy atom. The molecule has 0 amide bonds. The van der Waals surface area contributed by atoms with Gasteiger partial charge in [0.1, 0.15) is 12.2 Å². The van der Waals surface area contributed by atoms with Gasteiger partial charge in [-0.3, -0.25) is 0 Å². The lowest BCUT2D eigenvalue weighted by atomic mass is 10.0. The summed E-state index contributed by atoms with van der Waals surface area (Å²) in [5.41, 5.74) is 0. The van der Waals surface area contributed by atoms with E-state index in [1.165, 1.54) is 6.42 Å². The molecule has 0 saturated carbocycles. The van der Waals surface area contributed by atoms with Crippen molar-refractivity contribution in [1.29, 1.82) is 0 Å². The smallest absolute Gasteiger partial charge is 0.138 e. The zero-order chi connectivity index (χ0) is 11.3. The average molecular weight is 210 g/mol. The van der Waals surface area contributed by atoms with E-state index in [1.54, 1.807) is 6.33 Å². The number of aromatic nitrogens is 3. The number of hydrogen-bond acceptors (Lipinski definition) is 3. The van der Waals surface area contributed by atoms with Gasteiger partial charge in [-0.2, -0.15) is 5.10 Å². The van der Waals surface area contributed by atoms with Gasteiger partial charge in [-0.25, -0.2) is 9.67 Å². The van der Waals surface area contributed by atoms with Crippen molar-refractivity contribution in [2.24, 2.45) is 5.92 Å². The van der Waals surface area contributed by atoms with Crippen molar-refractivity contribution in [3.63, 3.8) is 0 Å². The maximum atomic E-state index is 4.32. The molecule has 0 spiro atoms. The fourth-order valence-corrected chi connectivity index (χ4v) is 1.66. The van der Waals surface area contributed by atoms with Crippen molar-refractivity contribution in [2.45, 2.75) is 39.7 Å². The molecule has 0 aliphatic carbocycles. The molecule has 1 aromatic rings. The van der Waals surface area contributed by atoms with Crippen LogP contribution in [0.15, 0.2) is 6.33 Å². The number of rotatable bonds is 6. The van der Waals surface area contributed by atoms with Crippen LogP contribution in [0.4, 0.5) is 0 Å². The van der Waals surface area contributed by atoms with E-state index < -0.39 is 0 Å². The van der Waals surface area contributed by atoms with Gasteiger partial charge in [-0.05, 0) is 39.8 Å². The molecular formula is C11H22N4. The summed E-state index contributed by atoms with van der Waals surface area (Å²) >= 11 is 0. The van der Waals surface area contributed by atoms with Crippen molar-refractivity contribution in [1.82, 2.24) is 20.1 Å². The topological polar surface area (TPSA) is 42.7 Å². The maximum absolute atomic E-state index is 4.32. The zero-order valence-electron chi connectivity index (χ0n) is 10.2. The van der Waals surface area contributed by atoms with Gasteiger partial charge in [0, 0.05) is 12.5 Å². The van der Waals surface area contributed by atoms with Crippen molar-refractivity contribution < 1.29 is 0 Å². The highest BCUT2D eigenvalue weighted by Gasteiger charge is 2.11. The van der Waals surface area contributed by atoms with Crippen LogP contribution >= 0.6 is 0 Å². The van der Waals surface area contributed by atoms with E-state index in [9.17, 15) is 0 Å². The number of nitrogens with one attached hydrogen (secondary N) is 1. The summed E-state index contributed by atoms with van der Waals surface area (Å²) in [5.74, 6) is 1.76. The van der Waals surface area contributed by atoms with Crippen LogP contribution in [0.5, 0.6) is 0 Å². The minimum Gasteiger partial charge on any atom is -0.320 e. The average Bonchev–Trinajstić information content (AvgIpc) is 2.62. The Morgan fingerprint density at radius 3 is 2.73 bits per heavy atom. The molecule has 0 saturated heterocycles. The lowest BCUT2D eigenvalue weighted by molar-refractivity contribution is 0.452. The predicted octanol–water partition coefficient (Wildman–Crippen LogP) is 1.65. The van der Waals surface area contributed by atoms with Crippen LogP contribution in [-0.4, -0.2) is 28.4 Å². The lowest BCUT2D eigenvalue weighted by Gasteiger charge is -2.13. The summed E-state index contributed by atoms with van der Waals surface area (Å²) in [5, 5.41) is 7.41. The first kappa shape index (κ1) is 12.2. The molecule has 0 radical (unpaired) electrons. The normalized spacial score (nSPS) is 13.4. The van der Waals surface area contributed by atoms with E-state index in [2.05, 4.69) is 36.2 Å². The van der Waals surface area contributed by atoms with E-state index in [-0.39, 0.29) is 0 Å². The SMILES string of the molecule is CNCCC(C)Cc1ncnn1C(C)C. The molecule has 86 valence electrons. The second-order valence-corrected chi connectivity index (χ2v) is 4.42. The van der Waals surface area contributed by atoms with E-state index in [0.29, 0.717) is 12.0 Å². The summed E-state index contributed by atoms with van der Waals surface area (Å²) < 4.78 is 2.01. The van der Waals surface area contributed by atoms with E-state index in [1.807, 2.05) is 11.7 Å². The summed E-state index contributed by atoms with van der Waals surface area (Å²) in [7, 11) is 1.99. The Kier molecular flexibility index (Phi) is 4.75. The lowest BCUT2D eigenvalue weighted by Crippen LogP contribution is -2.16. The molecule has 0 bridgehead atoms. The van der Waals surface area contributed by atoms with Gasteiger partial charge >= 0.3 is 0 Å². The minimum atomic E-state index is 0.402. The van der Waals surface area contributed by atoms with Gasteiger partial charge < -0.3 is 5.32 Å². The molecule has 1 heterocycles. The molecule has 1 unspecified atom stereocenters. The highest BCUT2D eigenvalue weighted by atomic mass is 15.3. The number of nitrogens with zero attached hydrogens (tertiary/aromatic N) is 3. The monoisotopic (exact) mass is 210 g/mol.